The van der Waals surface area contributed by atoms with Crippen LogP contribution in [-0.4, -0.2) is 21.4 Å². The first kappa shape index (κ1) is 21.1. The summed E-state index contributed by atoms with van der Waals surface area (Å²) in [5.41, 5.74) is 5.49. The summed E-state index contributed by atoms with van der Waals surface area (Å²) in [4.78, 5) is 28.6. The van der Waals surface area contributed by atoms with Crippen molar-refractivity contribution >= 4 is 28.9 Å². The minimum absolute atomic E-state index is 0.0404. The van der Waals surface area contributed by atoms with Gasteiger partial charge in [0.2, 0.25) is 0 Å². The SMILES string of the molecule is CCc1nc2ccccc2n1CC(=O)NNC(=O)/C=C/c1cccc(C(F)(F)F)c1. The van der Waals surface area contributed by atoms with Crippen LogP contribution >= 0.6 is 0 Å². The molecule has 0 saturated carbocycles. The first-order valence-corrected chi connectivity index (χ1v) is 9.16. The van der Waals surface area contributed by atoms with Gasteiger partial charge in [0, 0.05) is 12.5 Å². The minimum Gasteiger partial charge on any atom is -0.318 e. The number of hydrogen-bond donors (Lipinski definition) is 2. The molecule has 2 aromatic carbocycles. The summed E-state index contributed by atoms with van der Waals surface area (Å²) in [7, 11) is 0. The summed E-state index contributed by atoms with van der Waals surface area (Å²) in [5.74, 6) is -0.400. The van der Waals surface area contributed by atoms with Gasteiger partial charge in [-0.05, 0) is 35.9 Å². The predicted molar refractivity (Wildman–Crippen MR) is 106 cm³/mol. The quantitative estimate of drug-likeness (QED) is 0.494. The molecule has 2 amide bonds. The van der Waals surface area contributed by atoms with E-state index in [9.17, 15) is 22.8 Å². The van der Waals surface area contributed by atoms with Crippen molar-refractivity contribution in [2.45, 2.75) is 26.1 Å². The Morgan fingerprint density at radius 1 is 1.10 bits per heavy atom. The Bertz CT molecular complexity index is 1100. The maximum Gasteiger partial charge on any atom is 0.416 e. The molecule has 0 fully saturated rings. The highest BCUT2D eigenvalue weighted by molar-refractivity contribution is 5.93. The second-order valence-corrected chi connectivity index (χ2v) is 6.45. The zero-order chi connectivity index (χ0) is 21.7. The zero-order valence-corrected chi connectivity index (χ0v) is 16.0. The van der Waals surface area contributed by atoms with Gasteiger partial charge in [-0.15, -0.1) is 0 Å². The molecule has 156 valence electrons. The molecule has 3 aromatic rings. The molecule has 0 aliphatic rings. The maximum atomic E-state index is 12.7. The van der Waals surface area contributed by atoms with Crippen molar-refractivity contribution in [1.82, 2.24) is 20.4 Å². The van der Waals surface area contributed by atoms with Gasteiger partial charge in [0.25, 0.3) is 11.8 Å². The number of benzene rings is 2. The van der Waals surface area contributed by atoms with E-state index < -0.39 is 23.6 Å². The second-order valence-electron chi connectivity index (χ2n) is 6.45. The minimum atomic E-state index is -4.46. The van der Waals surface area contributed by atoms with Crippen LogP contribution in [0.3, 0.4) is 0 Å². The molecule has 0 unspecified atom stereocenters. The predicted octanol–water partition coefficient (Wildman–Crippen LogP) is 3.48. The summed E-state index contributed by atoms with van der Waals surface area (Å²) in [6.07, 6.45) is -1.56. The van der Waals surface area contributed by atoms with Gasteiger partial charge in [-0.1, -0.05) is 31.2 Å². The van der Waals surface area contributed by atoms with Crippen LogP contribution in [0.25, 0.3) is 17.1 Å². The monoisotopic (exact) mass is 416 g/mol. The number of aryl methyl sites for hydroxylation is 1. The number of rotatable bonds is 5. The molecular formula is C21H19F3N4O2. The second kappa shape index (κ2) is 8.81. The standard InChI is InChI=1S/C21H19F3N4O2/c1-2-18-25-16-8-3-4-9-17(16)28(18)13-20(30)27-26-19(29)11-10-14-6-5-7-15(12-14)21(22,23)24/h3-12H,2,13H2,1H3,(H,26,29)(H,27,30)/b11-10+. The number of aromatic nitrogens is 2. The number of nitrogens with zero attached hydrogens (tertiary/aromatic N) is 2. The fourth-order valence-corrected chi connectivity index (χ4v) is 2.92. The van der Waals surface area contributed by atoms with Gasteiger partial charge in [-0.25, -0.2) is 4.98 Å². The molecule has 0 atom stereocenters. The van der Waals surface area contributed by atoms with E-state index in [1.54, 1.807) is 4.57 Å². The third kappa shape index (κ3) is 5.05. The number of imidazole rings is 1. The van der Waals surface area contributed by atoms with E-state index in [0.717, 1.165) is 35.1 Å². The topological polar surface area (TPSA) is 76.0 Å². The van der Waals surface area contributed by atoms with E-state index >= 15 is 0 Å². The molecule has 0 aliphatic heterocycles. The Hall–Kier alpha value is -3.62. The van der Waals surface area contributed by atoms with Gasteiger partial charge in [-0.2, -0.15) is 13.2 Å². The van der Waals surface area contributed by atoms with Gasteiger partial charge >= 0.3 is 6.18 Å². The lowest BCUT2D eigenvalue weighted by Crippen LogP contribution is -2.42. The number of nitrogens with one attached hydrogen (secondary N) is 2. The van der Waals surface area contributed by atoms with E-state index in [1.165, 1.54) is 18.2 Å². The number of halogens is 3. The highest BCUT2D eigenvalue weighted by atomic mass is 19.4. The summed E-state index contributed by atoms with van der Waals surface area (Å²) in [6, 6.07) is 12.0. The Labute approximate surface area is 170 Å². The smallest absolute Gasteiger partial charge is 0.318 e. The average molecular weight is 416 g/mol. The van der Waals surface area contributed by atoms with Crippen molar-refractivity contribution in [3.8, 4) is 0 Å². The molecule has 0 bridgehead atoms. The number of hydrogen-bond acceptors (Lipinski definition) is 3. The van der Waals surface area contributed by atoms with Crippen LogP contribution in [0.15, 0.2) is 54.6 Å². The van der Waals surface area contributed by atoms with Gasteiger partial charge in [-0.3, -0.25) is 20.4 Å². The number of fused-ring (bicyclic) bond motifs is 1. The first-order valence-electron chi connectivity index (χ1n) is 9.16. The van der Waals surface area contributed by atoms with Crippen LogP contribution in [-0.2, 0) is 28.7 Å². The van der Waals surface area contributed by atoms with E-state index in [1.807, 2.05) is 31.2 Å². The molecule has 30 heavy (non-hydrogen) atoms. The molecule has 0 radical (unpaired) electrons. The van der Waals surface area contributed by atoms with E-state index in [4.69, 9.17) is 0 Å². The van der Waals surface area contributed by atoms with Crippen LogP contribution in [0.4, 0.5) is 13.2 Å². The van der Waals surface area contributed by atoms with Crippen molar-refractivity contribution < 1.29 is 22.8 Å². The lowest BCUT2D eigenvalue weighted by Gasteiger charge is -2.09. The number of alkyl halides is 3. The molecule has 0 aliphatic carbocycles. The Kier molecular flexibility index (Phi) is 6.20. The van der Waals surface area contributed by atoms with Gasteiger partial charge in [0.15, 0.2) is 0 Å². The van der Waals surface area contributed by atoms with E-state index in [2.05, 4.69) is 15.8 Å². The molecule has 0 spiro atoms. The Morgan fingerprint density at radius 3 is 2.60 bits per heavy atom. The van der Waals surface area contributed by atoms with Crippen molar-refractivity contribution in [3.63, 3.8) is 0 Å². The lowest BCUT2D eigenvalue weighted by atomic mass is 10.1. The van der Waals surface area contributed by atoms with Crippen molar-refractivity contribution in [2.24, 2.45) is 0 Å². The maximum absolute atomic E-state index is 12.7. The summed E-state index contributed by atoms with van der Waals surface area (Å²) < 4.78 is 39.9. The number of hydrazine groups is 1. The largest absolute Gasteiger partial charge is 0.416 e. The summed E-state index contributed by atoms with van der Waals surface area (Å²) in [6.45, 7) is 1.89. The number of carbonyl (C=O) groups excluding carboxylic acids is 2. The normalized spacial score (nSPS) is 11.7. The van der Waals surface area contributed by atoms with E-state index in [-0.39, 0.29) is 12.1 Å². The number of amides is 2. The molecule has 0 saturated heterocycles. The molecule has 1 heterocycles. The zero-order valence-electron chi connectivity index (χ0n) is 16.0. The van der Waals surface area contributed by atoms with Crippen molar-refractivity contribution in [2.75, 3.05) is 0 Å². The summed E-state index contributed by atoms with van der Waals surface area (Å²) in [5, 5.41) is 0. The third-order valence-electron chi connectivity index (χ3n) is 4.32. The molecule has 6 nitrogen and oxygen atoms in total. The van der Waals surface area contributed by atoms with Crippen molar-refractivity contribution in [1.29, 1.82) is 0 Å². The summed E-state index contributed by atoms with van der Waals surface area (Å²) >= 11 is 0. The molecule has 2 N–H and O–H groups in total. The van der Waals surface area contributed by atoms with Gasteiger partial charge in [0.1, 0.15) is 12.4 Å². The fraction of sp³-hybridized carbons (Fsp3) is 0.190. The number of para-hydroxylation sites is 2. The Balaban J connectivity index is 1.59. The molecule has 9 heteroatoms. The van der Waals surface area contributed by atoms with E-state index in [0.29, 0.717) is 6.42 Å². The molecule has 3 rings (SSSR count). The molecular weight excluding hydrogens is 397 g/mol. The highest BCUT2D eigenvalue weighted by Gasteiger charge is 2.30. The lowest BCUT2D eigenvalue weighted by molar-refractivity contribution is -0.137. The van der Waals surface area contributed by atoms with Crippen LogP contribution in [0.5, 0.6) is 0 Å². The Morgan fingerprint density at radius 2 is 1.87 bits per heavy atom. The fourth-order valence-electron chi connectivity index (χ4n) is 2.92. The van der Waals surface area contributed by atoms with Gasteiger partial charge < -0.3 is 4.57 Å². The van der Waals surface area contributed by atoms with Crippen molar-refractivity contribution in [3.05, 3.63) is 71.6 Å². The number of carbonyl (C=O) groups is 2. The third-order valence-corrected chi connectivity index (χ3v) is 4.32. The molecule has 1 aromatic heterocycles. The highest BCUT2D eigenvalue weighted by Crippen LogP contribution is 2.29. The van der Waals surface area contributed by atoms with Crippen LogP contribution in [0, 0.1) is 0 Å². The van der Waals surface area contributed by atoms with Crippen LogP contribution in [0.1, 0.15) is 23.9 Å². The first-order chi connectivity index (χ1) is 14.3. The van der Waals surface area contributed by atoms with Crippen LogP contribution < -0.4 is 10.9 Å². The van der Waals surface area contributed by atoms with Gasteiger partial charge in [0.05, 0.1) is 16.6 Å². The van der Waals surface area contributed by atoms with Crippen LogP contribution in [0.2, 0.25) is 0 Å². The average Bonchev–Trinajstić information content (AvgIpc) is 3.08.